The number of carbonyl (C=O) groups excluding carboxylic acids is 1. The summed E-state index contributed by atoms with van der Waals surface area (Å²) in [6.45, 7) is 0.340. The fourth-order valence-electron chi connectivity index (χ4n) is 2.33. The molecule has 1 amide bonds. The van der Waals surface area contributed by atoms with Crippen LogP contribution in [0.3, 0.4) is 0 Å². The lowest BCUT2D eigenvalue weighted by molar-refractivity contribution is 0.0702. The molecule has 1 aromatic carbocycles. The van der Waals surface area contributed by atoms with Gasteiger partial charge in [-0.05, 0) is 47.8 Å². The van der Waals surface area contributed by atoms with Crippen molar-refractivity contribution in [1.29, 1.82) is 0 Å². The van der Waals surface area contributed by atoms with E-state index >= 15 is 0 Å². The number of carboxylic acid groups (broad SMARTS) is 1. The van der Waals surface area contributed by atoms with Gasteiger partial charge in [0.2, 0.25) is 0 Å². The molecule has 1 aliphatic heterocycles. The summed E-state index contributed by atoms with van der Waals surface area (Å²) in [5.41, 5.74) is 1.88. The minimum atomic E-state index is -0.938. The van der Waals surface area contributed by atoms with Crippen LogP contribution < -0.4 is 5.32 Å². The van der Waals surface area contributed by atoms with Gasteiger partial charge in [-0.15, -0.1) is 34.9 Å². The maximum Gasteiger partial charge on any atom is 0.345 e. The van der Waals surface area contributed by atoms with Crippen molar-refractivity contribution in [2.24, 2.45) is 0 Å². The van der Waals surface area contributed by atoms with Gasteiger partial charge in [-0.1, -0.05) is 12.1 Å². The second-order valence-electron chi connectivity index (χ2n) is 5.30. The Bertz CT molecular complexity index is 721. The molecule has 126 valence electrons. The van der Waals surface area contributed by atoms with E-state index in [1.165, 1.54) is 34.8 Å². The predicted molar refractivity (Wildman–Crippen MR) is 101 cm³/mol. The second-order valence-corrected chi connectivity index (χ2v) is 9.20. The van der Waals surface area contributed by atoms with Gasteiger partial charge < -0.3 is 10.4 Å². The molecule has 0 saturated carbocycles. The Labute approximate surface area is 153 Å². The highest BCUT2D eigenvalue weighted by molar-refractivity contribution is 8.16. The molecular weight excluding hydrogens is 362 g/mol. The molecule has 0 atom stereocenters. The molecule has 0 unspecified atom stereocenters. The molecule has 2 aromatic rings. The maximum atomic E-state index is 12.2. The number of nitrogens with one attached hydrogen (secondary N) is 1. The number of aromatic carboxylic acids is 1. The second kappa shape index (κ2) is 8.09. The first-order chi connectivity index (χ1) is 11.6. The summed E-state index contributed by atoms with van der Waals surface area (Å²) in [5.74, 6) is 1.31. The quantitative estimate of drug-likeness (QED) is 0.813. The third-order valence-electron chi connectivity index (χ3n) is 3.57. The van der Waals surface area contributed by atoms with Gasteiger partial charge >= 0.3 is 5.97 Å². The fourth-order valence-corrected chi connectivity index (χ4v) is 6.01. The smallest absolute Gasteiger partial charge is 0.345 e. The number of hydrogen-bond acceptors (Lipinski definition) is 5. The van der Waals surface area contributed by atoms with E-state index < -0.39 is 5.97 Å². The summed E-state index contributed by atoms with van der Waals surface area (Å²) in [6, 6.07) is 11.1. The van der Waals surface area contributed by atoms with E-state index in [0.717, 1.165) is 4.88 Å². The van der Waals surface area contributed by atoms with Crippen LogP contribution in [-0.4, -0.2) is 28.5 Å². The van der Waals surface area contributed by atoms with Crippen LogP contribution in [0.5, 0.6) is 0 Å². The summed E-state index contributed by atoms with van der Waals surface area (Å²) in [5, 5.41) is 11.7. The largest absolute Gasteiger partial charge is 0.477 e. The molecule has 3 rings (SSSR count). The van der Waals surface area contributed by atoms with Crippen LogP contribution in [0.4, 0.5) is 0 Å². The van der Waals surface area contributed by atoms with Crippen LogP contribution in [0.25, 0.3) is 0 Å². The van der Waals surface area contributed by atoms with Gasteiger partial charge in [0.1, 0.15) is 4.88 Å². The standard InChI is InChI=1S/C17H17NO3S3/c19-15(18-10-13-6-7-14(24-13)16(20)21)11-2-4-12(5-3-11)17-22-8-1-9-23-17/h2-7,17H,1,8-10H2,(H,18,19)(H,20,21). The van der Waals surface area contributed by atoms with Gasteiger partial charge in [-0.25, -0.2) is 4.79 Å². The van der Waals surface area contributed by atoms with E-state index in [1.807, 2.05) is 47.8 Å². The van der Waals surface area contributed by atoms with Crippen LogP contribution in [-0.2, 0) is 6.54 Å². The molecule has 2 N–H and O–H groups in total. The molecule has 2 heterocycles. The highest BCUT2D eigenvalue weighted by atomic mass is 32.2. The molecule has 1 saturated heterocycles. The van der Waals surface area contributed by atoms with E-state index in [9.17, 15) is 9.59 Å². The Hall–Kier alpha value is -1.44. The topological polar surface area (TPSA) is 66.4 Å². The van der Waals surface area contributed by atoms with Crippen LogP contribution in [0.2, 0.25) is 0 Å². The van der Waals surface area contributed by atoms with Crippen molar-refractivity contribution >= 4 is 46.7 Å². The number of hydrogen-bond donors (Lipinski definition) is 2. The summed E-state index contributed by atoms with van der Waals surface area (Å²) >= 11 is 5.10. The Balaban J connectivity index is 1.57. The minimum Gasteiger partial charge on any atom is -0.477 e. The first kappa shape index (κ1) is 17.4. The third kappa shape index (κ3) is 4.34. The highest BCUT2D eigenvalue weighted by Gasteiger charge is 2.17. The minimum absolute atomic E-state index is 0.143. The number of thioether (sulfide) groups is 2. The molecule has 1 aromatic heterocycles. The molecule has 0 aliphatic carbocycles. The molecule has 0 radical (unpaired) electrons. The number of rotatable bonds is 5. The molecule has 1 aliphatic rings. The molecule has 1 fully saturated rings. The molecule has 7 heteroatoms. The molecular formula is C17H17NO3S3. The zero-order valence-corrected chi connectivity index (χ0v) is 15.3. The number of carboxylic acids is 1. The van der Waals surface area contributed by atoms with Gasteiger partial charge in [-0.2, -0.15) is 0 Å². The Kier molecular flexibility index (Phi) is 5.86. The van der Waals surface area contributed by atoms with Crippen molar-refractivity contribution in [2.75, 3.05) is 11.5 Å². The van der Waals surface area contributed by atoms with Crippen LogP contribution in [0.15, 0.2) is 36.4 Å². The van der Waals surface area contributed by atoms with Crippen molar-refractivity contribution < 1.29 is 14.7 Å². The third-order valence-corrected chi connectivity index (χ3v) is 7.66. The Morgan fingerprint density at radius 1 is 1.08 bits per heavy atom. The molecule has 0 spiro atoms. The normalized spacial score (nSPS) is 15.2. The van der Waals surface area contributed by atoms with Crippen molar-refractivity contribution in [2.45, 2.75) is 17.5 Å². The molecule has 24 heavy (non-hydrogen) atoms. The van der Waals surface area contributed by atoms with Gasteiger partial charge in [-0.3, -0.25) is 4.79 Å². The number of amides is 1. The van der Waals surface area contributed by atoms with Crippen LogP contribution >= 0.6 is 34.9 Å². The maximum absolute atomic E-state index is 12.2. The van der Waals surface area contributed by atoms with Crippen LogP contribution in [0.1, 0.15) is 41.5 Å². The highest BCUT2D eigenvalue weighted by Crippen LogP contribution is 2.43. The first-order valence-corrected chi connectivity index (χ1v) is 10.5. The SMILES string of the molecule is O=C(NCc1ccc(C(=O)O)s1)c1ccc(C2SCCCS2)cc1. The van der Waals surface area contributed by atoms with E-state index in [4.69, 9.17) is 5.11 Å². The average molecular weight is 380 g/mol. The van der Waals surface area contributed by atoms with Gasteiger partial charge in [0.15, 0.2) is 0 Å². The number of carbonyl (C=O) groups is 2. The first-order valence-electron chi connectivity index (χ1n) is 7.57. The lowest BCUT2D eigenvalue weighted by Gasteiger charge is -2.21. The average Bonchev–Trinajstić information content (AvgIpc) is 3.10. The summed E-state index contributed by atoms with van der Waals surface area (Å²) < 4.78 is 0.469. The fraction of sp³-hybridized carbons (Fsp3) is 0.294. The monoisotopic (exact) mass is 379 g/mol. The van der Waals surface area contributed by atoms with E-state index in [-0.39, 0.29) is 10.8 Å². The molecule has 4 nitrogen and oxygen atoms in total. The van der Waals surface area contributed by atoms with Gasteiger partial charge in [0.05, 0.1) is 11.1 Å². The van der Waals surface area contributed by atoms with Gasteiger partial charge in [0.25, 0.3) is 5.91 Å². The Morgan fingerprint density at radius 3 is 2.42 bits per heavy atom. The van der Waals surface area contributed by atoms with Crippen molar-refractivity contribution in [3.63, 3.8) is 0 Å². The van der Waals surface area contributed by atoms with Crippen molar-refractivity contribution in [3.05, 3.63) is 57.3 Å². The molecule has 0 bridgehead atoms. The lowest BCUT2D eigenvalue weighted by atomic mass is 10.1. The van der Waals surface area contributed by atoms with Crippen LogP contribution in [0, 0.1) is 0 Å². The van der Waals surface area contributed by atoms with Crippen molar-refractivity contribution in [3.8, 4) is 0 Å². The summed E-state index contributed by atoms with van der Waals surface area (Å²) in [4.78, 5) is 24.2. The Morgan fingerprint density at radius 2 is 1.79 bits per heavy atom. The zero-order chi connectivity index (χ0) is 16.9. The summed E-state index contributed by atoms with van der Waals surface area (Å²) in [7, 11) is 0. The number of thiophene rings is 1. The van der Waals surface area contributed by atoms with Gasteiger partial charge in [0, 0.05) is 10.4 Å². The number of benzene rings is 1. The predicted octanol–water partition coefficient (Wildman–Crippen LogP) is 4.25. The lowest BCUT2D eigenvalue weighted by Crippen LogP contribution is -2.22. The van der Waals surface area contributed by atoms with Crippen molar-refractivity contribution in [1.82, 2.24) is 5.32 Å². The van der Waals surface area contributed by atoms with E-state index in [0.29, 0.717) is 16.7 Å². The van der Waals surface area contributed by atoms with E-state index in [1.54, 1.807) is 12.1 Å². The van der Waals surface area contributed by atoms with E-state index in [2.05, 4.69) is 5.32 Å². The summed E-state index contributed by atoms with van der Waals surface area (Å²) in [6.07, 6.45) is 1.26. The zero-order valence-electron chi connectivity index (χ0n) is 12.9.